The first-order chi connectivity index (χ1) is 15.9. The number of halogens is 2. The molecule has 0 aliphatic heterocycles. The van der Waals surface area contributed by atoms with Crippen LogP contribution in [0.1, 0.15) is 22.5 Å². The minimum absolute atomic E-state index is 0.0732. The minimum atomic E-state index is -0.494. The number of anilines is 1. The van der Waals surface area contributed by atoms with Crippen LogP contribution in [0.15, 0.2) is 76.4 Å². The summed E-state index contributed by atoms with van der Waals surface area (Å²) in [5.74, 6) is 0.0436. The number of nitrogens with one attached hydrogen (secondary N) is 1. The van der Waals surface area contributed by atoms with Crippen LogP contribution in [0.4, 0.5) is 10.1 Å². The van der Waals surface area contributed by atoms with Crippen LogP contribution in [0, 0.1) is 19.7 Å². The van der Waals surface area contributed by atoms with Crippen molar-refractivity contribution >= 4 is 39.3 Å². The first-order valence-corrected chi connectivity index (χ1v) is 12.1. The maximum absolute atomic E-state index is 14.1. The van der Waals surface area contributed by atoms with Gasteiger partial charge in [-0.25, -0.2) is 4.39 Å². The number of hydrogen-bond donors (Lipinski definition) is 1. The van der Waals surface area contributed by atoms with Crippen molar-refractivity contribution in [3.05, 3.63) is 99.5 Å². The van der Waals surface area contributed by atoms with Gasteiger partial charge in [-0.1, -0.05) is 64.1 Å². The molecule has 4 rings (SSSR count). The molecule has 0 fully saturated rings. The summed E-state index contributed by atoms with van der Waals surface area (Å²) < 4.78 is 16.7. The number of rotatable bonds is 7. The quantitative estimate of drug-likeness (QED) is 0.296. The second-order valence-corrected chi connectivity index (χ2v) is 9.48. The first-order valence-electron chi connectivity index (χ1n) is 10.3. The summed E-state index contributed by atoms with van der Waals surface area (Å²) in [6.07, 6.45) is 0.609. The summed E-state index contributed by atoms with van der Waals surface area (Å²) in [5.41, 5.74) is 4.56. The molecule has 0 radical (unpaired) electrons. The Morgan fingerprint density at radius 2 is 1.82 bits per heavy atom. The van der Waals surface area contributed by atoms with Gasteiger partial charge in [-0.2, -0.15) is 0 Å². The largest absolute Gasteiger partial charge is 0.323 e. The molecule has 8 heteroatoms. The van der Waals surface area contributed by atoms with Gasteiger partial charge in [0.25, 0.3) is 0 Å². The lowest BCUT2D eigenvalue weighted by Gasteiger charge is -2.12. The lowest BCUT2D eigenvalue weighted by atomic mass is 10.1. The topological polar surface area (TPSA) is 59.8 Å². The van der Waals surface area contributed by atoms with Crippen molar-refractivity contribution < 1.29 is 9.18 Å². The molecule has 0 unspecified atom stereocenters. The summed E-state index contributed by atoms with van der Waals surface area (Å²) >= 11 is 4.48. The van der Waals surface area contributed by atoms with E-state index < -0.39 is 5.82 Å². The fourth-order valence-electron chi connectivity index (χ4n) is 3.32. The lowest BCUT2D eigenvalue weighted by Crippen LogP contribution is -2.15. The summed E-state index contributed by atoms with van der Waals surface area (Å²) in [7, 11) is 0. The van der Waals surface area contributed by atoms with Crippen LogP contribution in [0.2, 0.25) is 0 Å². The molecule has 168 valence electrons. The molecule has 0 atom stereocenters. The van der Waals surface area contributed by atoms with E-state index in [-0.39, 0.29) is 17.3 Å². The van der Waals surface area contributed by atoms with Crippen molar-refractivity contribution in [2.24, 2.45) is 0 Å². The van der Waals surface area contributed by atoms with Gasteiger partial charge in [0.1, 0.15) is 11.6 Å². The van der Waals surface area contributed by atoms with Crippen LogP contribution in [-0.4, -0.2) is 26.4 Å². The Hall–Kier alpha value is -2.97. The maximum Gasteiger partial charge on any atom is 0.234 e. The Bertz CT molecular complexity index is 1290. The first kappa shape index (κ1) is 23.2. The molecule has 1 heterocycles. The van der Waals surface area contributed by atoms with Crippen molar-refractivity contribution in [2.45, 2.75) is 25.4 Å². The number of thioether (sulfide) groups is 1. The predicted molar refractivity (Wildman–Crippen MR) is 134 cm³/mol. The lowest BCUT2D eigenvalue weighted by molar-refractivity contribution is -0.113. The normalized spacial score (nSPS) is 10.9. The molecular weight excluding hydrogens is 503 g/mol. The van der Waals surface area contributed by atoms with Gasteiger partial charge in [-0.3, -0.25) is 9.36 Å². The van der Waals surface area contributed by atoms with Crippen LogP contribution >= 0.6 is 27.7 Å². The number of amides is 1. The Kier molecular flexibility index (Phi) is 7.25. The third kappa shape index (κ3) is 5.69. The standard InChI is InChI=1S/C25H22BrFN4OS/c1-16-8-10-20(12-17(16)2)31-23(13-18-6-4-3-5-7-18)29-30-25(31)33-15-24(32)28-22-11-9-19(26)14-21(22)27/h3-12,14H,13,15H2,1-2H3,(H,28,32). The van der Waals surface area contributed by atoms with Crippen molar-refractivity contribution in [1.82, 2.24) is 14.8 Å². The van der Waals surface area contributed by atoms with Crippen molar-refractivity contribution in [3.63, 3.8) is 0 Å². The van der Waals surface area contributed by atoms with Crippen LogP contribution in [0.25, 0.3) is 5.69 Å². The molecule has 1 amide bonds. The predicted octanol–water partition coefficient (Wildman–Crippen LogP) is 6.11. The molecule has 0 saturated heterocycles. The van der Waals surface area contributed by atoms with Gasteiger partial charge < -0.3 is 5.32 Å². The number of aromatic nitrogens is 3. The smallest absolute Gasteiger partial charge is 0.234 e. The van der Waals surface area contributed by atoms with Gasteiger partial charge in [0.05, 0.1) is 11.4 Å². The van der Waals surface area contributed by atoms with Gasteiger partial charge in [0.2, 0.25) is 5.91 Å². The Morgan fingerprint density at radius 1 is 1.03 bits per heavy atom. The second-order valence-electron chi connectivity index (χ2n) is 7.63. The highest BCUT2D eigenvalue weighted by molar-refractivity contribution is 9.10. The number of hydrogen-bond acceptors (Lipinski definition) is 4. The van der Waals surface area contributed by atoms with E-state index >= 15 is 0 Å². The SMILES string of the molecule is Cc1ccc(-n2c(Cc3ccccc3)nnc2SCC(=O)Nc2ccc(Br)cc2F)cc1C. The summed E-state index contributed by atoms with van der Waals surface area (Å²) in [5, 5.41) is 12.0. The zero-order valence-electron chi connectivity index (χ0n) is 18.2. The van der Waals surface area contributed by atoms with Crippen LogP contribution in [0.5, 0.6) is 0 Å². The second kappa shape index (κ2) is 10.3. The van der Waals surface area contributed by atoms with E-state index in [1.165, 1.54) is 29.5 Å². The van der Waals surface area contributed by atoms with E-state index in [1.54, 1.807) is 6.07 Å². The Labute approximate surface area is 204 Å². The number of benzene rings is 3. The third-order valence-electron chi connectivity index (χ3n) is 5.19. The molecule has 3 aromatic carbocycles. The summed E-state index contributed by atoms with van der Waals surface area (Å²) in [4.78, 5) is 12.5. The fourth-order valence-corrected chi connectivity index (χ4v) is 4.42. The Morgan fingerprint density at radius 3 is 2.55 bits per heavy atom. The molecular formula is C25H22BrFN4OS. The molecule has 0 saturated carbocycles. The molecule has 1 aromatic heterocycles. The van der Waals surface area contributed by atoms with Gasteiger partial charge in [-0.15, -0.1) is 10.2 Å². The van der Waals surface area contributed by atoms with E-state index in [2.05, 4.69) is 57.4 Å². The van der Waals surface area contributed by atoms with Crippen molar-refractivity contribution in [1.29, 1.82) is 0 Å². The molecule has 0 aliphatic rings. The highest BCUT2D eigenvalue weighted by Gasteiger charge is 2.17. The van der Waals surface area contributed by atoms with Gasteiger partial charge in [-0.05, 0) is 60.9 Å². The average Bonchev–Trinajstić information content (AvgIpc) is 3.19. The van der Waals surface area contributed by atoms with Crippen LogP contribution in [0.3, 0.4) is 0 Å². The summed E-state index contributed by atoms with van der Waals surface area (Å²) in [6.45, 7) is 4.13. The fraction of sp³-hybridized carbons (Fsp3) is 0.160. The van der Waals surface area contributed by atoms with E-state index in [9.17, 15) is 9.18 Å². The van der Waals surface area contributed by atoms with Gasteiger partial charge >= 0.3 is 0 Å². The van der Waals surface area contributed by atoms with Crippen molar-refractivity contribution in [3.8, 4) is 5.69 Å². The average molecular weight is 525 g/mol. The highest BCUT2D eigenvalue weighted by atomic mass is 79.9. The van der Waals surface area contributed by atoms with E-state index in [1.807, 2.05) is 41.0 Å². The third-order valence-corrected chi connectivity index (χ3v) is 6.61. The number of carbonyl (C=O) groups excluding carboxylic acids is 1. The van der Waals surface area contributed by atoms with Gasteiger partial charge in [0, 0.05) is 16.6 Å². The number of aryl methyl sites for hydroxylation is 2. The molecule has 0 aliphatic carbocycles. The van der Waals surface area contributed by atoms with E-state index in [0.29, 0.717) is 16.0 Å². The molecule has 33 heavy (non-hydrogen) atoms. The minimum Gasteiger partial charge on any atom is -0.323 e. The zero-order valence-corrected chi connectivity index (χ0v) is 20.6. The maximum atomic E-state index is 14.1. The molecule has 0 spiro atoms. The van der Waals surface area contributed by atoms with E-state index in [4.69, 9.17) is 0 Å². The van der Waals surface area contributed by atoms with E-state index in [0.717, 1.165) is 22.6 Å². The molecule has 1 N–H and O–H groups in total. The van der Waals surface area contributed by atoms with Crippen LogP contribution < -0.4 is 5.32 Å². The van der Waals surface area contributed by atoms with Crippen molar-refractivity contribution in [2.75, 3.05) is 11.1 Å². The monoisotopic (exact) mass is 524 g/mol. The highest BCUT2D eigenvalue weighted by Crippen LogP contribution is 2.26. The van der Waals surface area contributed by atoms with Gasteiger partial charge in [0.15, 0.2) is 5.16 Å². The molecule has 0 bridgehead atoms. The molecule has 4 aromatic rings. The number of nitrogens with zero attached hydrogens (tertiary/aromatic N) is 3. The zero-order chi connectivity index (χ0) is 23.4. The number of carbonyl (C=O) groups is 1. The molecule has 5 nitrogen and oxygen atoms in total. The van der Waals surface area contributed by atoms with Crippen LogP contribution in [-0.2, 0) is 11.2 Å². The summed E-state index contributed by atoms with van der Waals surface area (Å²) in [6, 6.07) is 20.8. The Balaban J connectivity index is 1.58.